The van der Waals surface area contributed by atoms with Gasteiger partial charge in [-0.1, -0.05) is 20.8 Å². The highest BCUT2D eigenvalue weighted by atomic mass is 32.2. The molecule has 0 aliphatic carbocycles. The highest BCUT2D eigenvalue weighted by Crippen LogP contribution is 2.23. The minimum absolute atomic E-state index is 0.333. The molecule has 1 aromatic heterocycles. The monoisotopic (exact) mass is 242 g/mol. The zero-order chi connectivity index (χ0) is 12.2. The maximum atomic E-state index is 4.23. The molecule has 0 fully saturated rings. The summed E-state index contributed by atoms with van der Waals surface area (Å²) in [6.45, 7) is 9.66. The van der Waals surface area contributed by atoms with Crippen LogP contribution in [0.4, 0.5) is 0 Å². The van der Waals surface area contributed by atoms with E-state index in [4.69, 9.17) is 0 Å². The van der Waals surface area contributed by atoms with Crippen molar-refractivity contribution in [2.24, 2.45) is 7.05 Å². The number of thioether (sulfide) groups is 1. The highest BCUT2D eigenvalue weighted by Gasteiger charge is 2.12. The van der Waals surface area contributed by atoms with Crippen molar-refractivity contribution in [2.75, 3.05) is 5.75 Å². The Kier molecular flexibility index (Phi) is 4.80. The van der Waals surface area contributed by atoms with Crippen LogP contribution in [0.3, 0.4) is 0 Å². The molecule has 0 bridgehead atoms. The second kappa shape index (κ2) is 5.68. The van der Waals surface area contributed by atoms with Gasteiger partial charge in [0.1, 0.15) is 6.33 Å². The molecule has 1 aromatic rings. The van der Waals surface area contributed by atoms with Crippen LogP contribution in [0.1, 0.15) is 33.5 Å². The fourth-order valence-corrected chi connectivity index (χ4v) is 2.03. The van der Waals surface area contributed by atoms with Gasteiger partial charge in [0.2, 0.25) is 0 Å². The number of hydrogen-bond acceptors (Lipinski definition) is 4. The van der Waals surface area contributed by atoms with Crippen LogP contribution < -0.4 is 5.32 Å². The molecule has 1 heterocycles. The van der Waals surface area contributed by atoms with Gasteiger partial charge in [-0.05, 0) is 6.92 Å². The first kappa shape index (κ1) is 13.5. The molecule has 1 N–H and O–H groups in total. The minimum atomic E-state index is 0.333. The lowest BCUT2D eigenvalue weighted by Crippen LogP contribution is -2.29. The first-order chi connectivity index (χ1) is 7.37. The zero-order valence-electron chi connectivity index (χ0n) is 10.8. The van der Waals surface area contributed by atoms with Crippen LogP contribution in [0.2, 0.25) is 0 Å². The summed E-state index contributed by atoms with van der Waals surface area (Å²) >= 11 is 1.97. The maximum Gasteiger partial charge on any atom is 0.164 e. The van der Waals surface area contributed by atoms with Crippen LogP contribution >= 0.6 is 11.8 Å². The fraction of sp³-hybridized carbons (Fsp3) is 0.818. The lowest BCUT2D eigenvalue weighted by atomic mass is 10.3. The topological polar surface area (TPSA) is 42.7 Å². The van der Waals surface area contributed by atoms with Crippen molar-refractivity contribution in [1.82, 2.24) is 20.1 Å². The van der Waals surface area contributed by atoms with Crippen molar-refractivity contribution in [3.63, 3.8) is 0 Å². The van der Waals surface area contributed by atoms with E-state index in [1.165, 1.54) is 0 Å². The summed E-state index contributed by atoms with van der Waals surface area (Å²) in [7, 11) is 1.88. The average Bonchev–Trinajstić information content (AvgIpc) is 2.57. The molecule has 16 heavy (non-hydrogen) atoms. The Labute approximate surface area is 102 Å². The molecule has 4 nitrogen and oxygen atoms in total. The van der Waals surface area contributed by atoms with E-state index in [9.17, 15) is 0 Å². The molecule has 92 valence electrons. The Morgan fingerprint density at radius 3 is 2.69 bits per heavy atom. The summed E-state index contributed by atoms with van der Waals surface area (Å²) in [5.74, 6) is 1.96. The quantitative estimate of drug-likeness (QED) is 0.855. The summed E-state index contributed by atoms with van der Waals surface area (Å²) in [6.07, 6.45) is 1.73. The molecule has 0 amide bonds. The van der Waals surface area contributed by atoms with E-state index in [0.29, 0.717) is 10.8 Å². The van der Waals surface area contributed by atoms with Gasteiger partial charge >= 0.3 is 0 Å². The van der Waals surface area contributed by atoms with E-state index in [-0.39, 0.29) is 0 Å². The average molecular weight is 242 g/mol. The third-order valence-corrected chi connectivity index (χ3v) is 3.55. The van der Waals surface area contributed by atoms with Crippen molar-refractivity contribution in [3.05, 3.63) is 12.2 Å². The number of aryl methyl sites for hydroxylation is 1. The van der Waals surface area contributed by atoms with Crippen molar-refractivity contribution >= 4 is 11.8 Å². The van der Waals surface area contributed by atoms with Crippen LogP contribution in [0.25, 0.3) is 0 Å². The Bertz CT molecular complexity index is 316. The molecule has 1 rings (SSSR count). The van der Waals surface area contributed by atoms with Gasteiger partial charge in [0.15, 0.2) is 5.82 Å². The smallest absolute Gasteiger partial charge is 0.164 e. The van der Waals surface area contributed by atoms with E-state index in [2.05, 4.69) is 43.1 Å². The SMILES string of the molecule is CC(CSC(C)(C)C)NCc1ncn(C)n1. The summed E-state index contributed by atoms with van der Waals surface area (Å²) < 4.78 is 2.06. The first-order valence-corrected chi connectivity index (χ1v) is 6.57. The summed E-state index contributed by atoms with van der Waals surface area (Å²) in [5.41, 5.74) is 0. The number of hydrogen-bond donors (Lipinski definition) is 1. The molecule has 0 saturated carbocycles. The second-order valence-corrected chi connectivity index (χ2v) is 6.89. The van der Waals surface area contributed by atoms with Gasteiger partial charge in [-0.3, -0.25) is 4.68 Å². The largest absolute Gasteiger partial charge is 0.306 e. The molecule has 1 atom stereocenters. The van der Waals surface area contributed by atoms with Gasteiger partial charge in [-0.25, -0.2) is 4.98 Å². The van der Waals surface area contributed by atoms with E-state index in [1.54, 1.807) is 11.0 Å². The zero-order valence-corrected chi connectivity index (χ0v) is 11.6. The predicted molar refractivity (Wildman–Crippen MR) is 69.5 cm³/mol. The Hall–Kier alpha value is -0.550. The Balaban J connectivity index is 2.22. The van der Waals surface area contributed by atoms with Crippen LogP contribution in [0, 0.1) is 0 Å². The van der Waals surface area contributed by atoms with Crippen molar-refractivity contribution in [1.29, 1.82) is 0 Å². The summed E-state index contributed by atoms with van der Waals surface area (Å²) in [6, 6.07) is 0.480. The Morgan fingerprint density at radius 1 is 1.50 bits per heavy atom. The second-order valence-electron chi connectivity index (χ2n) is 5.04. The van der Waals surface area contributed by atoms with Crippen LogP contribution in [-0.2, 0) is 13.6 Å². The van der Waals surface area contributed by atoms with E-state index >= 15 is 0 Å². The van der Waals surface area contributed by atoms with E-state index < -0.39 is 0 Å². The van der Waals surface area contributed by atoms with Crippen LogP contribution in [0.5, 0.6) is 0 Å². The number of nitrogens with zero attached hydrogens (tertiary/aromatic N) is 3. The van der Waals surface area contributed by atoms with Gasteiger partial charge < -0.3 is 5.32 Å². The van der Waals surface area contributed by atoms with Crippen molar-refractivity contribution < 1.29 is 0 Å². The van der Waals surface area contributed by atoms with E-state index in [0.717, 1.165) is 18.1 Å². The molecule has 0 aliphatic heterocycles. The summed E-state index contributed by atoms with van der Waals surface area (Å²) in [5, 5.41) is 7.65. The maximum absolute atomic E-state index is 4.23. The van der Waals surface area contributed by atoms with Gasteiger partial charge in [0, 0.05) is 23.6 Å². The van der Waals surface area contributed by atoms with Crippen molar-refractivity contribution in [3.8, 4) is 0 Å². The predicted octanol–water partition coefficient (Wildman–Crippen LogP) is 1.82. The lowest BCUT2D eigenvalue weighted by Gasteiger charge is -2.21. The molecule has 0 aromatic carbocycles. The van der Waals surface area contributed by atoms with Crippen molar-refractivity contribution in [2.45, 2.75) is 45.0 Å². The molecule has 1 unspecified atom stereocenters. The number of nitrogens with one attached hydrogen (secondary N) is 1. The van der Waals surface area contributed by atoms with Gasteiger partial charge in [-0.15, -0.1) is 0 Å². The lowest BCUT2D eigenvalue weighted by molar-refractivity contribution is 0.573. The van der Waals surface area contributed by atoms with Gasteiger partial charge in [0.25, 0.3) is 0 Å². The molecule has 0 saturated heterocycles. The Morgan fingerprint density at radius 2 is 2.19 bits per heavy atom. The minimum Gasteiger partial charge on any atom is -0.306 e. The van der Waals surface area contributed by atoms with E-state index in [1.807, 2.05) is 18.8 Å². The normalized spacial score (nSPS) is 14.1. The molecule has 0 radical (unpaired) electrons. The number of rotatable bonds is 5. The van der Waals surface area contributed by atoms with Gasteiger partial charge in [-0.2, -0.15) is 16.9 Å². The van der Waals surface area contributed by atoms with Crippen LogP contribution in [-0.4, -0.2) is 31.3 Å². The molecular weight excluding hydrogens is 220 g/mol. The third kappa shape index (κ3) is 5.51. The standard InChI is InChI=1S/C11H22N4S/c1-9(7-16-11(2,3)4)12-6-10-13-8-15(5)14-10/h8-9,12H,6-7H2,1-5H3. The molecule has 5 heteroatoms. The highest BCUT2D eigenvalue weighted by molar-refractivity contribution is 8.00. The number of aromatic nitrogens is 3. The molecular formula is C11H22N4S. The van der Waals surface area contributed by atoms with Gasteiger partial charge in [0.05, 0.1) is 6.54 Å². The third-order valence-electron chi connectivity index (χ3n) is 2.02. The van der Waals surface area contributed by atoms with Crippen LogP contribution in [0.15, 0.2) is 6.33 Å². The fourth-order valence-electron chi connectivity index (χ4n) is 1.16. The molecule has 0 spiro atoms. The first-order valence-electron chi connectivity index (χ1n) is 5.59. The summed E-state index contributed by atoms with van der Waals surface area (Å²) in [4.78, 5) is 4.18. The molecule has 0 aliphatic rings.